The van der Waals surface area contributed by atoms with Crippen molar-refractivity contribution in [3.63, 3.8) is 0 Å². The molecule has 10 nitrogen and oxygen atoms in total. The van der Waals surface area contributed by atoms with Crippen molar-refractivity contribution in [2.45, 2.75) is 129 Å². The molecule has 1 saturated heterocycles. The molecule has 42 heavy (non-hydrogen) atoms. The highest BCUT2D eigenvalue weighted by Gasteiger charge is 2.60. The second-order valence-electron chi connectivity index (χ2n) is 15.6. The van der Waals surface area contributed by atoms with Crippen LogP contribution in [-0.4, -0.2) is 84.1 Å². The number of nitrogens with one attached hydrogen (secondary N) is 2. The summed E-state index contributed by atoms with van der Waals surface area (Å²) in [6, 6.07) is -0.717. The van der Waals surface area contributed by atoms with Gasteiger partial charge in [0.05, 0.1) is 38.7 Å². The predicted octanol–water partition coefficient (Wildman–Crippen LogP) is 5.29. The normalized spacial score (nSPS) is 26.4. The smallest absolute Gasteiger partial charge is 0.321 e. The Balaban J connectivity index is 2.36. The fraction of sp³-hybridized carbons (Fsp3) is 0.867. The maximum Gasteiger partial charge on any atom is 0.321 e. The molecule has 1 aliphatic heterocycles. The van der Waals surface area contributed by atoms with E-state index in [-0.39, 0.29) is 40.8 Å². The van der Waals surface area contributed by atoms with Crippen molar-refractivity contribution >= 4 is 28.6 Å². The van der Waals surface area contributed by atoms with Gasteiger partial charge in [-0.2, -0.15) is 0 Å². The number of carbonyl (C=O) groups is 2. The van der Waals surface area contributed by atoms with E-state index in [2.05, 4.69) is 78.4 Å². The average molecular weight is 631 g/mol. The van der Waals surface area contributed by atoms with Crippen LogP contribution in [-0.2, 0) is 27.9 Å². The summed E-state index contributed by atoms with van der Waals surface area (Å²) in [5, 5.41) is 17.4. The highest BCUT2D eigenvalue weighted by Crippen LogP contribution is 2.50. The molecule has 244 valence electrons. The third-order valence-corrected chi connectivity index (χ3v) is 18.6. The Morgan fingerprint density at radius 1 is 0.976 bits per heavy atom. The fourth-order valence-corrected chi connectivity index (χ4v) is 6.94. The van der Waals surface area contributed by atoms with E-state index in [4.69, 9.17) is 23.1 Å². The van der Waals surface area contributed by atoms with Crippen LogP contribution in [0.15, 0.2) is 11.8 Å². The largest absolute Gasteiger partial charge is 0.504 e. The third kappa shape index (κ3) is 8.89. The fourth-order valence-electron chi connectivity index (χ4n) is 4.83. The molecular formula is C30H58N2O8Si2. The van der Waals surface area contributed by atoms with Crippen molar-refractivity contribution in [2.24, 2.45) is 11.8 Å². The van der Waals surface area contributed by atoms with E-state index in [1.54, 1.807) is 6.92 Å². The lowest BCUT2D eigenvalue weighted by Gasteiger charge is -2.42. The van der Waals surface area contributed by atoms with Gasteiger partial charge in [-0.15, -0.1) is 0 Å². The van der Waals surface area contributed by atoms with Crippen molar-refractivity contribution in [1.29, 1.82) is 0 Å². The molecule has 1 heterocycles. The van der Waals surface area contributed by atoms with E-state index < -0.39 is 52.0 Å². The molecule has 0 spiro atoms. The second-order valence-corrected chi connectivity index (χ2v) is 25.2. The molecule has 12 heteroatoms. The van der Waals surface area contributed by atoms with Crippen molar-refractivity contribution in [1.82, 2.24) is 10.6 Å². The monoisotopic (exact) mass is 630 g/mol. The number of hydrogen-bond acceptors (Lipinski definition) is 8. The zero-order valence-electron chi connectivity index (χ0n) is 28.5. The first-order valence-corrected chi connectivity index (χ1v) is 20.8. The molecule has 0 aromatic rings. The number of methoxy groups -OCH3 is 1. The Hall–Kier alpha value is -1.29. The summed E-state index contributed by atoms with van der Waals surface area (Å²) in [5.41, 5.74) is -1.25. The highest BCUT2D eigenvalue weighted by molar-refractivity contribution is 6.74. The standard InChI is InChI=1S/C30H58N2O8Si2/c1-20(16-36-10)25(33)32-26(34)31-18-30(35,19-38-42(13,14)28(5,6)7)22-15-21(17-37-41(11,12)27(2,3)4)23-24(22)40-29(8,9)39-23/h16,21-24,35H,15,17-19H2,1-14H3,(H2,31,32,33,34)/b20-16+/t21-,22-,23-,24+,30-/m0/s1. The number of carbonyl (C=O) groups excluding carboxylic acids is 2. The van der Waals surface area contributed by atoms with Gasteiger partial charge in [0.1, 0.15) is 5.60 Å². The summed E-state index contributed by atoms with van der Waals surface area (Å²) in [4.78, 5) is 25.1. The summed E-state index contributed by atoms with van der Waals surface area (Å²) in [5.74, 6) is -1.83. The zero-order chi connectivity index (χ0) is 32.5. The van der Waals surface area contributed by atoms with Crippen LogP contribution in [0.4, 0.5) is 4.79 Å². The Morgan fingerprint density at radius 2 is 1.50 bits per heavy atom. The van der Waals surface area contributed by atoms with Crippen LogP contribution < -0.4 is 10.6 Å². The lowest BCUT2D eigenvalue weighted by molar-refractivity contribution is -0.177. The van der Waals surface area contributed by atoms with Crippen LogP contribution >= 0.6 is 0 Å². The van der Waals surface area contributed by atoms with E-state index in [0.717, 1.165) is 0 Å². The third-order valence-electron chi connectivity index (χ3n) is 9.66. The summed E-state index contributed by atoms with van der Waals surface area (Å²) in [6.07, 6.45) is 1.15. The van der Waals surface area contributed by atoms with Gasteiger partial charge in [0.15, 0.2) is 22.4 Å². The van der Waals surface area contributed by atoms with Gasteiger partial charge in [0.25, 0.3) is 5.91 Å². The lowest BCUT2D eigenvalue weighted by Crippen LogP contribution is -2.58. The number of imide groups is 1. The van der Waals surface area contributed by atoms with Gasteiger partial charge in [-0.3, -0.25) is 10.1 Å². The molecule has 5 atom stereocenters. The van der Waals surface area contributed by atoms with Crippen LogP contribution in [0.25, 0.3) is 0 Å². The van der Waals surface area contributed by atoms with E-state index in [0.29, 0.717) is 13.0 Å². The molecule has 0 radical (unpaired) electrons. The van der Waals surface area contributed by atoms with E-state index in [1.807, 2.05) is 13.8 Å². The average Bonchev–Trinajstić information content (AvgIpc) is 3.32. The molecular weight excluding hydrogens is 573 g/mol. The minimum atomic E-state index is -2.27. The number of hydrogen-bond donors (Lipinski definition) is 3. The Bertz CT molecular complexity index is 1000. The first kappa shape index (κ1) is 36.9. The number of ether oxygens (including phenoxy) is 3. The number of aliphatic hydroxyl groups is 1. The molecule has 3 amide bonds. The molecule has 3 N–H and O–H groups in total. The molecule has 0 aromatic carbocycles. The van der Waals surface area contributed by atoms with E-state index in [1.165, 1.54) is 13.4 Å². The number of rotatable bonds is 11. The van der Waals surface area contributed by atoms with Crippen LogP contribution in [0.2, 0.25) is 36.3 Å². The molecule has 2 aliphatic rings. The minimum absolute atomic E-state index is 0.00692. The van der Waals surface area contributed by atoms with Crippen molar-refractivity contribution < 1.29 is 37.8 Å². The number of amides is 3. The highest BCUT2D eigenvalue weighted by atomic mass is 28.4. The van der Waals surface area contributed by atoms with Gasteiger partial charge < -0.3 is 33.5 Å². The van der Waals surface area contributed by atoms with Crippen LogP contribution in [0.1, 0.15) is 68.7 Å². The predicted molar refractivity (Wildman–Crippen MR) is 169 cm³/mol. The molecule has 0 unspecified atom stereocenters. The first-order chi connectivity index (χ1) is 18.9. The lowest BCUT2D eigenvalue weighted by atomic mass is 9.84. The molecule has 0 bridgehead atoms. The zero-order valence-corrected chi connectivity index (χ0v) is 30.5. The molecule has 0 aromatic heterocycles. The van der Waals surface area contributed by atoms with Gasteiger partial charge in [0.2, 0.25) is 0 Å². The van der Waals surface area contributed by atoms with Crippen molar-refractivity contribution in [2.75, 3.05) is 26.9 Å². The molecule has 1 aliphatic carbocycles. The van der Waals surface area contributed by atoms with Crippen molar-refractivity contribution in [3.8, 4) is 0 Å². The van der Waals surface area contributed by atoms with E-state index >= 15 is 0 Å². The SMILES string of the molecule is CO/C=C(\C)C(=O)NC(=O)NC[C@](O)(CO[Si](C)(C)C(C)(C)C)[C@H]1C[C@@H](CO[Si](C)(C)C(C)(C)C)[C@@H]2OC(C)(C)O[C@@H]21. The van der Waals surface area contributed by atoms with Gasteiger partial charge >= 0.3 is 6.03 Å². The molecule has 2 rings (SSSR count). The van der Waals surface area contributed by atoms with Crippen molar-refractivity contribution in [3.05, 3.63) is 11.8 Å². The number of fused-ring (bicyclic) bond motifs is 1. The van der Waals surface area contributed by atoms with Crippen LogP contribution in [0.5, 0.6) is 0 Å². The molecule has 1 saturated carbocycles. The van der Waals surface area contributed by atoms with Crippen LogP contribution in [0.3, 0.4) is 0 Å². The maximum absolute atomic E-state index is 12.8. The summed E-state index contributed by atoms with van der Waals surface area (Å²) >= 11 is 0. The van der Waals surface area contributed by atoms with E-state index in [9.17, 15) is 14.7 Å². The molecule has 2 fully saturated rings. The van der Waals surface area contributed by atoms with Gasteiger partial charge in [-0.25, -0.2) is 4.79 Å². The Labute approximate surface area is 255 Å². The summed E-state index contributed by atoms with van der Waals surface area (Å²) in [6.45, 7) is 27.4. The summed E-state index contributed by atoms with van der Waals surface area (Å²) in [7, 11) is -2.87. The van der Waals surface area contributed by atoms with Crippen LogP contribution in [0, 0.1) is 11.8 Å². The second kappa shape index (κ2) is 13.0. The van der Waals surface area contributed by atoms with Gasteiger partial charge in [-0.1, -0.05) is 41.5 Å². The maximum atomic E-state index is 12.8. The Kier molecular flexibility index (Phi) is 11.4. The Morgan fingerprint density at radius 3 is 2.02 bits per heavy atom. The summed E-state index contributed by atoms with van der Waals surface area (Å²) < 4.78 is 30.9. The topological polar surface area (TPSA) is 125 Å². The quantitative estimate of drug-likeness (QED) is 0.160. The number of urea groups is 1. The van der Waals surface area contributed by atoms with Gasteiger partial charge in [0, 0.05) is 24.0 Å². The van der Waals surface area contributed by atoms with Gasteiger partial charge in [-0.05, 0) is 63.5 Å². The first-order valence-electron chi connectivity index (χ1n) is 15.0. The minimum Gasteiger partial charge on any atom is -0.504 e.